The fourth-order valence-electron chi connectivity index (χ4n) is 2.35. The number of thiazole rings is 1. The Kier molecular flexibility index (Phi) is 5.43. The molecule has 0 aliphatic heterocycles. The average molecular weight is 429 g/mol. The van der Waals surface area contributed by atoms with Crippen molar-refractivity contribution < 1.29 is 13.2 Å². The van der Waals surface area contributed by atoms with Crippen LogP contribution in [0.2, 0.25) is 5.02 Å². The molecule has 0 aliphatic carbocycles. The van der Waals surface area contributed by atoms with E-state index in [1.54, 1.807) is 13.2 Å². The molecular formula is C17H14Cl2N2O3S2. The second kappa shape index (κ2) is 7.44. The Morgan fingerprint density at radius 2 is 1.85 bits per heavy atom. The van der Waals surface area contributed by atoms with E-state index in [1.807, 2.05) is 41.3 Å². The van der Waals surface area contributed by atoms with Gasteiger partial charge in [0.15, 0.2) is 4.80 Å². The smallest absolute Gasteiger partial charge is 0.262 e. The number of hydrogen-bond donors (Lipinski definition) is 0. The molecule has 2 aromatic carbocycles. The third kappa shape index (κ3) is 3.96. The lowest BCUT2D eigenvalue weighted by molar-refractivity contribution is 0.415. The van der Waals surface area contributed by atoms with Gasteiger partial charge in [-0.05, 0) is 36.4 Å². The molecule has 0 amide bonds. The molecule has 0 saturated heterocycles. The largest absolute Gasteiger partial charge is 0.497 e. The molecule has 0 saturated carbocycles. The number of halogens is 2. The van der Waals surface area contributed by atoms with Gasteiger partial charge < -0.3 is 9.30 Å². The predicted octanol–water partition coefficient (Wildman–Crippen LogP) is 4.58. The third-order valence-corrected chi connectivity index (χ3v) is 6.43. The fraction of sp³-hybridized carbons (Fsp3) is 0.118. The Morgan fingerprint density at radius 1 is 1.15 bits per heavy atom. The Labute approximate surface area is 164 Å². The van der Waals surface area contributed by atoms with Gasteiger partial charge in [0.25, 0.3) is 9.05 Å². The first-order valence-corrected chi connectivity index (χ1v) is 10.9. The van der Waals surface area contributed by atoms with Gasteiger partial charge in [0, 0.05) is 28.7 Å². The zero-order valence-electron chi connectivity index (χ0n) is 13.8. The van der Waals surface area contributed by atoms with E-state index >= 15 is 0 Å². The maximum absolute atomic E-state index is 11.7. The summed E-state index contributed by atoms with van der Waals surface area (Å²) in [6, 6.07) is 12.1. The number of hydrogen-bond acceptors (Lipinski definition) is 5. The summed E-state index contributed by atoms with van der Waals surface area (Å²) in [6.45, 7) is 0. The van der Waals surface area contributed by atoms with Crippen molar-refractivity contribution in [2.45, 2.75) is 4.90 Å². The highest BCUT2D eigenvalue weighted by Gasteiger charge is 2.17. The highest BCUT2D eigenvalue weighted by atomic mass is 35.7. The first-order valence-electron chi connectivity index (χ1n) is 7.37. The third-order valence-electron chi connectivity index (χ3n) is 3.71. The standard InChI is InChI=1S/C17H14Cl2N2O3S2/c1-21-15(11-3-8-14(18)16(9-11)26(19,22)23)10-25-17(21)20-12-4-6-13(24-2)7-5-12/h3-10H,1-2H3. The summed E-state index contributed by atoms with van der Waals surface area (Å²) in [6.07, 6.45) is 0. The zero-order valence-corrected chi connectivity index (χ0v) is 17.0. The molecule has 0 atom stereocenters. The summed E-state index contributed by atoms with van der Waals surface area (Å²) in [7, 11) is 5.00. The number of benzene rings is 2. The molecule has 0 spiro atoms. The van der Waals surface area contributed by atoms with E-state index in [-0.39, 0.29) is 9.92 Å². The van der Waals surface area contributed by atoms with Gasteiger partial charge in [-0.15, -0.1) is 11.3 Å². The first-order chi connectivity index (χ1) is 12.3. The minimum atomic E-state index is -3.93. The highest BCUT2D eigenvalue weighted by molar-refractivity contribution is 8.13. The number of aromatic nitrogens is 1. The molecule has 0 unspecified atom stereocenters. The predicted molar refractivity (Wildman–Crippen MR) is 105 cm³/mol. The summed E-state index contributed by atoms with van der Waals surface area (Å²) in [5, 5.41) is 1.99. The molecule has 136 valence electrons. The number of ether oxygens (including phenoxy) is 1. The van der Waals surface area contributed by atoms with Gasteiger partial charge in [0.2, 0.25) is 0 Å². The quantitative estimate of drug-likeness (QED) is 0.571. The molecule has 3 rings (SSSR count). The van der Waals surface area contributed by atoms with Crippen LogP contribution in [-0.2, 0) is 16.1 Å². The summed E-state index contributed by atoms with van der Waals surface area (Å²) in [5.41, 5.74) is 2.28. The second-order valence-electron chi connectivity index (χ2n) is 5.36. The first kappa shape index (κ1) is 19.0. The van der Waals surface area contributed by atoms with Gasteiger partial charge in [0.1, 0.15) is 10.6 Å². The van der Waals surface area contributed by atoms with Crippen LogP contribution >= 0.6 is 33.6 Å². The molecule has 0 bridgehead atoms. The Hall–Kier alpha value is -1.80. The summed E-state index contributed by atoms with van der Waals surface area (Å²) in [4.78, 5) is 5.25. The molecule has 0 radical (unpaired) electrons. The molecular weight excluding hydrogens is 415 g/mol. The van der Waals surface area contributed by atoms with E-state index in [9.17, 15) is 8.42 Å². The van der Waals surface area contributed by atoms with E-state index in [0.29, 0.717) is 5.56 Å². The van der Waals surface area contributed by atoms with Crippen LogP contribution in [0.1, 0.15) is 0 Å². The normalized spacial score (nSPS) is 12.4. The van der Waals surface area contributed by atoms with Crippen LogP contribution in [0.4, 0.5) is 5.69 Å². The van der Waals surface area contributed by atoms with E-state index < -0.39 is 9.05 Å². The highest BCUT2D eigenvalue weighted by Crippen LogP contribution is 2.30. The number of methoxy groups -OCH3 is 1. The van der Waals surface area contributed by atoms with Crippen LogP contribution in [0.3, 0.4) is 0 Å². The van der Waals surface area contributed by atoms with Crippen molar-refractivity contribution in [3.63, 3.8) is 0 Å². The van der Waals surface area contributed by atoms with Crippen LogP contribution in [-0.4, -0.2) is 20.1 Å². The van der Waals surface area contributed by atoms with Crippen molar-refractivity contribution in [3.05, 3.63) is 57.7 Å². The lowest BCUT2D eigenvalue weighted by Crippen LogP contribution is -2.11. The van der Waals surface area contributed by atoms with Crippen LogP contribution in [0, 0.1) is 0 Å². The van der Waals surface area contributed by atoms with Gasteiger partial charge in [-0.3, -0.25) is 0 Å². The van der Waals surface area contributed by atoms with Gasteiger partial charge in [-0.2, -0.15) is 0 Å². The summed E-state index contributed by atoms with van der Waals surface area (Å²) < 4.78 is 30.4. The summed E-state index contributed by atoms with van der Waals surface area (Å²) >= 11 is 7.39. The average Bonchev–Trinajstić information content (AvgIpc) is 2.96. The van der Waals surface area contributed by atoms with Gasteiger partial charge >= 0.3 is 0 Å². The molecule has 1 aromatic heterocycles. The topological polar surface area (TPSA) is 60.7 Å². The van der Waals surface area contributed by atoms with Crippen LogP contribution in [0.5, 0.6) is 5.75 Å². The second-order valence-corrected chi connectivity index (χ2v) is 9.13. The van der Waals surface area contributed by atoms with Crippen LogP contribution < -0.4 is 9.54 Å². The minimum Gasteiger partial charge on any atom is -0.497 e. The number of nitrogens with zero attached hydrogens (tertiary/aromatic N) is 2. The van der Waals surface area contributed by atoms with Crippen LogP contribution in [0.15, 0.2) is 57.7 Å². The van der Waals surface area contributed by atoms with Gasteiger partial charge in [0.05, 0.1) is 23.5 Å². The molecule has 1 heterocycles. The molecule has 0 aliphatic rings. The van der Waals surface area contributed by atoms with Crippen LogP contribution in [0.25, 0.3) is 11.3 Å². The maximum Gasteiger partial charge on any atom is 0.262 e. The Morgan fingerprint density at radius 3 is 2.46 bits per heavy atom. The van der Waals surface area contributed by atoms with E-state index in [0.717, 1.165) is 21.9 Å². The lowest BCUT2D eigenvalue weighted by atomic mass is 10.2. The minimum absolute atomic E-state index is 0.0878. The molecule has 0 N–H and O–H groups in total. The number of rotatable bonds is 4. The van der Waals surface area contributed by atoms with E-state index in [1.165, 1.54) is 23.5 Å². The maximum atomic E-state index is 11.7. The van der Waals surface area contributed by atoms with Crippen molar-refractivity contribution >= 4 is 48.4 Å². The molecule has 3 aromatic rings. The van der Waals surface area contributed by atoms with E-state index in [2.05, 4.69) is 4.99 Å². The zero-order chi connectivity index (χ0) is 18.9. The molecule has 5 nitrogen and oxygen atoms in total. The SMILES string of the molecule is COc1ccc(N=c2scc(-c3ccc(Cl)c(S(=O)(=O)Cl)c3)n2C)cc1. The Balaban J connectivity index is 2.05. The van der Waals surface area contributed by atoms with Gasteiger partial charge in [-0.1, -0.05) is 17.7 Å². The van der Waals surface area contributed by atoms with Crippen molar-refractivity contribution in [2.75, 3.05) is 7.11 Å². The van der Waals surface area contributed by atoms with Crippen molar-refractivity contribution in [1.29, 1.82) is 0 Å². The molecule has 9 heteroatoms. The van der Waals surface area contributed by atoms with E-state index in [4.69, 9.17) is 27.0 Å². The van der Waals surface area contributed by atoms with Crippen molar-refractivity contribution in [2.24, 2.45) is 12.0 Å². The molecule has 0 fully saturated rings. The van der Waals surface area contributed by atoms with Gasteiger partial charge in [-0.25, -0.2) is 13.4 Å². The lowest BCUT2D eigenvalue weighted by Gasteiger charge is -2.06. The van der Waals surface area contributed by atoms with Crippen molar-refractivity contribution in [1.82, 2.24) is 4.57 Å². The monoisotopic (exact) mass is 428 g/mol. The summed E-state index contributed by atoms with van der Waals surface area (Å²) in [5.74, 6) is 0.760. The van der Waals surface area contributed by atoms with Crippen molar-refractivity contribution in [3.8, 4) is 17.0 Å². The Bertz CT molecular complexity index is 1120. The molecule has 26 heavy (non-hydrogen) atoms. The fourth-order valence-corrected chi connectivity index (χ4v) is 4.77.